The fourth-order valence-electron chi connectivity index (χ4n) is 13.3. The van der Waals surface area contributed by atoms with Crippen LogP contribution in [0, 0.1) is 51.4 Å². The van der Waals surface area contributed by atoms with E-state index in [0.29, 0.717) is 22.6 Å². The number of aliphatic imine (C=N–C) groups is 3. The monoisotopic (exact) mass is 2270 g/mol. The number of terminal acetylenes is 1. The van der Waals surface area contributed by atoms with Gasteiger partial charge >= 0.3 is 7.12 Å². The van der Waals surface area contributed by atoms with Gasteiger partial charge in [0.1, 0.15) is 17.1 Å². The lowest BCUT2D eigenvalue weighted by Gasteiger charge is -2.23. The summed E-state index contributed by atoms with van der Waals surface area (Å²) in [5, 5.41) is 29.5. The van der Waals surface area contributed by atoms with E-state index in [2.05, 4.69) is 226 Å². The van der Waals surface area contributed by atoms with Crippen LogP contribution in [0.5, 0.6) is 0 Å². The van der Waals surface area contributed by atoms with E-state index in [1.54, 1.807) is 183 Å². The van der Waals surface area contributed by atoms with E-state index in [4.69, 9.17) is 27.2 Å². The molecule has 4 aliphatic heterocycles. The maximum Gasteiger partial charge on any atom is 0.480 e. The van der Waals surface area contributed by atoms with Gasteiger partial charge in [0.15, 0.2) is 0 Å². The molecule has 754 valence electrons. The number of rotatable bonds is 29. The molecule has 12 heterocycles. The van der Waals surface area contributed by atoms with E-state index in [1.165, 1.54) is 78.2 Å². The summed E-state index contributed by atoms with van der Waals surface area (Å²) in [6.07, 6.45) is 61.5. The molecule has 8 aromatic heterocycles. The number of pyridine rings is 5. The molecule has 145 heavy (non-hydrogen) atoms. The summed E-state index contributed by atoms with van der Waals surface area (Å²) in [5.41, 5.74) is 14.3. The van der Waals surface area contributed by atoms with Gasteiger partial charge in [0.2, 0.25) is 0 Å². The van der Waals surface area contributed by atoms with Crippen LogP contribution in [0.2, 0.25) is 0 Å². The van der Waals surface area contributed by atoms with Crippen LogP contribution in [0.4, 0.5) is 0 Å². The number of halogens is 3. The van der Waals surface area contributed by atoms with Crippen molar-refractivity contribution in [3.05, 3.63) is 351 Å². The quantitative estimate of drug-likeness (QED) is 0.0145. The highest BCUT2D eigenvalue weighted by Gasteiger charge is 2.26. The molecule has 25 nitrogen and oxygen atoms in total. The minimum absolute atomic E-state index is 0.136. The van der Waals surface area contributed by atoms with Crippen LogP contribution in [0.3, 0.4) is 0 Å². The Morgan fingerprint density at radius 2 is 0.800 bits per heavy atom. The molecule has 4 aliphatic rings. The van der Waals surface area contributed by atoms with Crippen molar-refractivity contribution in [2.45, 2.75) is 183 Å². The Morgan fingerprint density at radius 3 is 1.21 bits per heavy atom. The highest BCUT2D eigenvalue weighted by atomic mass is 127. The molecular formula is C112H123BClI2N15O10S4. The van der Waals surface area contributed by atoms with Crippen molar-refractivity contribution >= 4 is 125 Å². The summed E-state index contributed by atoms with van der Waals surface area (Å²) < 4.78 is 103. The topological polar surface area (TPSA) is 335 Å². The second kappa shape index (κ2) is 65.0. The van der Waals surface area contributed by atoms with Gasteiger partial charge in [0.25, 0.3) is 39.1 Å². The Kier molecular flexibility index (Phi) is 52.8. The molecule has 0 unspecified atom stereocenters. The fourth-order valence-corrected chi connectivity index (χ4v) is 19.1. The summed E-state index contributed by atoms with van der Waals surface area (Å²) in [6, 6.07) is 51.5. The summed E-state index contributed by atoms with van der Waals surface area (Å²) in [7, 11) is -8.78. The lowest BCUT2D eigenvalue weighted by atomic mass is 9.91. The van der Waals surface area contributed by atoms with E-state index in [0.717, 1.165) is 194 Å². The molecule has 16 rings (SSSR count). The molecule has 0 atom stereocenters. The lowest BCUT2D eigenvalue weighted by Crippen LogP contribution is -2.28. The van der Waals surface area contributed by atoms with Crippen molar-refractivity contribution < 1.29 is 43.7 Å². The van der Waals surface area contributed by atoms with Crippen molar-refractivity contribution in [3.63, 3.8) is 0 Å². The number of aromatic nitrogens is 11. The minimum atomic E-state index is -3.77. The molecule has 0 saturated heterocycles. The molecule has 12 aromatic rings. The third-order valence-corrected chi connectivity index (χ3v) is 28.7. The van der Waals surface area contributed by atoms with Crippen LogP contribution in [0.15, 0.2) is 360 Å². The Bertz CT molecular complexity index is 7070. The third-order valence-electron chi connectivity index (χ3n) is 21.0. The number of nitrogens with zero attached hydrogens (tertiary/aromatic N) is 15. The smallest absolute Gasteiger partial charge is 0.424 e. The molecule has 0 aliphatic carbocycles. The Hall–Kier alpha value is -12.6. The number of likely N-dealkylation sites (N-methyl/N-ethyl adjacent to an activating group) is 1. The molecule has 0 saturated carbocycles. The standard InChI is InChI=1S/C20H21N3O2S.C20H19N3O2S.C16H22N2.C15H16N2.C14H10IN3O2S.C9H7IN2.C6H13BO2.C6H5ClO2S.C6H10/c2*1-2-3-4-6-10-18-16-23(22-20(18)17-11-9-14-21-15-17)26(24,25)19-12-7-5-8-13-19;1-3-4-5-6-8-14-10-11-17-16(14)15-9-7-12-18(2)13-15;1-2-3-4-5-7-13-9-11-17-15(13)14-8-6-10-16-12-14;15-13-10-18(17-14(13)11-5-4-8-16-9-11)21(19,20)12-6-2-1-3-7-12;10-8-3-5-12-9(8)7-2-1-4-11-6-7;1-2-3-4-5-6-7(8)9;7-10(8,9)6-4-2-1-3-5-6;1-3-5-6-4-2/h5-16H,2-4H2,1H3;5,7-9,11-16H,2-4H2,1H3;9-10H,3-5,7,11-13H2,1-2H3;6,8-10,12H,2-4,11H2,1H3;1-10H;1-4,6H,5H2;5-6,8-9H,2-4H2,1H3;1-5H;1H,4-6H2,2H3/b10-6+;;;;;;6-5+;;. The lowest BCUT2D eigenvalue weighted by molar-refractivity contribution is 0.360. The first-order chi connectivity index (χ1) is 70.2. The molecule has 0 spiro atoms. The van der Waals surface area contributed by atoms with E-state index in [-0.39, 0.29) is 19.6 Å². The number of unbranched alkanes of at least 4 members (excludes halogenated alkanes) is 12. The van der Waals surface area contributed by atoms with Crippen LogP contribution in [0.1, 0.15) is 186 Å². The predicted octanol–water partition coefficient (Wildman–Crippen LogP) is 23.1. The molecular weight excluding hydrogens is 2140 g/mol. The summed E-state index contributed by atoms with van der Waals surface area (Å²) in [4.78, 5) is 36.9. The number of allylic oxidation sites excluding steroid dienone is 5. The van der Waals surface area contributed by atoms with Gasteiger partial charge < -0.3 is 14.9 Å². The molecule has 33 heteroatoms. The van der Waals surface area contributed by atoms with E-state index >= 15 is 0 Å². The van der Waals surface area contributed by atoms with Crippen molar-refractivity contribution in [2.24, 2.45) is 15.0 Å². The normalized spacial score (nSPS) is 12.9. The van der Waals surface area contributed by atoms with Crippen LogP contribution in [0.25, 0.3) is 39.8 Å². The first kappa shape index (κ1) is 118. The summed E-state index contributed by atoms with van der Waals surface area (Å²) in [5.74, 6) is 23.1. The maximum atomic E-state index is 12.9. The van der Waals surface area contributed by atoms with Crippen LogP contribution in [-0.4, -0.2) is 165 Å². The second-order valence-electron chi connectivity index (χ2n) is 32.3. The van der Waals surface area contributed by atoms with Crippen LogP contribution in [-0.2, 0) is 39.1 Å². The minimum Gasteiger partial charge on any atom is -0.424 e. The van der Waals surface area contributed by atoms with Gasteiger partial charge in [0, 0.05) is 160 Å². The summed E-state index contributed by atoms with van der Waals surface area (Å²) >= 11 is 4.37. The Labute approximate surface area is 889 Å². The zero-order valence-electron chi connectivity index (χ0n) is 82.7. The van der Waals surface area contributed by atoms with Gasteiger partial charge in [-0.15, -0.1) is 12.3 Å². The molecule has 2 N–H and O–H groups in total. The fraction of sp³-hybridized carbons (Fsp3) is 0.277. The molecule has 4 aromatic carbocycles. The molecule has 0 bridgehead atoms. The zero-order chi connectivity index (χ0) is 104. The largest absolute Gasteiger partial charge is 0.480 e. The van der Waals surface area contributed by atoms with Crippen molar-refractivity contribution in [2.75, 3.05) is 39.8 Å². The number of benzene rings is 4. The summed E-state index contributed by atoms with van der Waals surface area (Å²) in [6.45, 7) is 17.4. The average molecular weight is 2270 g/mol. The van der Waals surface area contributed by atoms with Gasteiger partial charge in [0.05, 0.1) is 84.1 Å². The van der Waals surface area contributed by atoms with Crippen LogP contribution >= 0.6 is 55.9 Å². The first-order valence-electron chi connectivity index (χ1n) is 48.0. The Morgan fingerprint density at radius 1 is 0.421 bits per heavy atom. The highest BCUT2D eigenvalue weighted by Crippen LogP contribution is 2.30. The molecule has 0 amide bonds. The van der Waals surface area contributed by atoms with Crippen molar-refractivity contribution in [1.29, 1.82) is 0 Å². The maximum absolute atomic E-state index is 12.9. The van der Waals surface area contributed by atoms with Crippen LogP contribution < -0.4 is 0 Å². The zero-order valence-corrected chi connectivity index (χ0v) is 91.0. The third kappa shape index (κ3) is 40.1. The number of hydrogen-bond donors (Lipinski definition) is 2. The van der Waals surface area contributed by atoms with Gasteiger partial charge in [-0.2, -0.15) is 52.8 Å². The average Bonchev–Trinajstić information content (AvgIpc) is 1.65. The number of hydrogen-bond acceptors (Lipinski definition) is 22. The Balaban J connectivity index is 0.000000205. The van der Waals surface area contributed by atoms with E-state index < -0.39 is 46.2 Å². The SMILES string of the molecule is C#CCCCC.CCCC/C=C/B(O)O.CCCC/C=C/c1cn(S(=O)(=O)c2ccccc2)nc1-c1cccnc1.CCCCC#CC1=CCN=C1C1=CCCN(C)C1.CCCCC#CC1=CCN=C1c1cccnc1.CCCCC#Cc1cn(S(=O)(=O)c2ccccc2)nc1-c1cccnc1.IC1=CCN=C1c1cccnc1.O=S(=O)(Cl)c1ccccc1.O=S(=O)(c1ccccc1)n1cc(I)c(-c2cccnc2)n1. The van der Waals surface area contributed by atoms with E-state index in [1.807, 2.05) is 67.0 Å². The van der Waals surface area contributed by atoms with Gasteiger partial charge in [-0.25, -0.2) is 8.42 Å². The second-order valence-corrected chi connectivity index (χ2v) is 42.6. The molecule has 0 radical (unpaired) electrons. The van der Waals surface area contributed by atoms with Crippen molar-refractivity contribution in [3.8, 4) is 81.6 Å². The van der Waals surface area contributed by atoms with Gasteiger partial charge in [-0.3, -0.25) is 39.9 Å². The first-order valence-corrected chi connectivity index (χ1v) is 56.8. The predicted molar refractivity (Wildman–Crippen MR) is 604 cm³/mol. The van der Waals surface area contributed by atoms with E-state index in [9.17, 15) is 33.7 Å². The van der Waals surface area contributed by atoms with Gasteiger partial charge in [-0.1, -0.05) is 232 Å². The van der Waals surface area contributed by atoms with Gasteiger partial charge in [-0.05, 0) is 230 Å². The molecule has 0 fully saturated rings. The van der Waals surface area contributed by atoms with Crippen molar-refractivity contribution in [1.82, 2.24) is 57.4 Å². The highest BCUT2D eigenvalue weighted by molar-refractivity contribution is 14.1.